The zero-order valence-electron chi connectivity index (χ0n) is 15.7. The van der Waals surface area contributed by atoms with Gasteiger partial charge in [0.25, 0.3) is 0 Å². The third-order valence-electron chi connectivity index (χ3n) is 5.66. The van der Waals surface area contributed by atoms with Crippen LogP contribution in [0.5, 0.6) is 0 Å². The van der Waals surface area contributed by atoms with Crippen molar-refractivity contribution in [3.05, 3.63) is 48.0 Å². The number of nitrogens with zero attached hydrogens (tertiary/aromatic N) is 2. The summed E-state index contributed by atoms with van der Waals surface area (Å²) in [5, 5.41) is 10.7. The van der Waals surface area contributed by atoms with E-state index in [4.69, 9.17) is 10.1 Å². The van der Waals surface area contributed by atoms with E-state index >= 15 is 0 Å². The standard InChI is InChI=1S/C22H27N3O/c1-3-25-20-9-5-4-8-18(20)19-13-16(10-11-21(19)25)14-24-12-6-7-17(15-24)22(23)26-2/h4-5,8-11,13,17,23H,3,6-7,12,14-15H2,1-2H3. The number of likely N-dealkylation sites (tertiary alicyclic amines) is 1. The fourth-order valence-corrected chi connectivity index (χ4v) is 4.38. The van der Waals surface area contributed by atoms with Gasteiger partial charge in [-0.2, -0.15) is 0 Å². The highest BCUT2D eigenvalue weighted by Crippen LogP contribution is 2.30. The SMILES string of the molecule is CCn1c2ccccc2c2cc(CN3CCCC(C(=N)OC)C3)ccc21. The van der Waals surface area contributed by atoms with Crippen molar-refractivity contribution < 1.29 is 4.74 Å². The summed E-state index contributed by atoms with van der Waals surface area (Å²) < 4.78 is 7.56. The third kappa shape index (κ3) is 2.99. The molecule has 0 spiro atoms. The summed E-state index contributed by atoms with van der Waals surface area (Å²) in [4.78, 5) is 2.46. The maximum absolute atomic E-state index is 7.97. The number of rotatable bonds is 4. The summed E-state index contributed by atoms with van der Waals surface area (Å²) >= 11 is 0. The molecule has 1 atom stereocenters. The van der Waals surface area contributed by atoms with Crippen LogP contribution in [0.25, 0.3) is 21.8 Å². The van der Waals surface area contributed by atoms with Crippen LogP contribution in [-0.4, -0.2) is 35.6 Å². The normalized spacial score (nSPS) is 18.5. The molecule has 4 heteroatoms. The number of piperidine rings is 1. The van der Waals surface area contributed by atoms with Crippen LogP contribution in [0.3, 0.4) is 0 Å². The van der Waals surface area contributed by atoms with Crippen LogP contribution in [0.2, 0.25) is 0 Å². The largest absolute Gasteiger partial charge is 0.484 e. The molecule has 136 valence electrons. The second-order valence-corrected chi connectivity index (χ2v) is 7.26. The van der Waals surface area contributed by atoms with E-state index in [9.17, 15) is 0 Å². The molecule has 1 unspecified atom stereocenters. The molecule has 3 aromatic rings. The predicted octanol–water partition coefficient (Wildman–Crippen LogP) is 4.65. The lowest BCUT2D eigenvalue weighted by Gasteiger charge is -2.32. The molecule has 0 saturated carbocycles. The number of benzene rings is 2. The number of fused-ring (bicyclic) bond motifs is 3. The number of para-hydroxylation sites is 1. The van der Waals surface area contributed by atoms with Crippen molar-refractivity contribution in [3.8, 4) is 0 Å². The van der Waals surface area contributed by atoms with E-state index in [1.54, 1.807) is 7.11 Å². The molecule has 1 aromatic heterocycles. The first kappa shape index (κ1) is 17.1. The average molecular weight is 349 g/mol. The second kappa shape index (κ2) is 7.12. The number of aromatic nitrogens is 1. The second-order valence-electron chi connectivity index (χ2n) is 7.26. The minimum atomic E-state index is 0.236. The smallest absolute Gasteiger partial charge is 0.184 e. The van der Waals surface area contributed by atoms with E-state index < -0.39 is 0 Å². The Morgan fingerprint density at radius 3 is 2.77 bits per heavy atom. The Bertz CT molecular complexity index is 943. The van der Waals surface area contributed by atoms with E-state index in [-0.39, 0.29) is 5.92 Å². The fourth-order valence-electron chi connectivity index (χ4n) is 4.38. The quantitative estimate of drug-likeness (QED) is 0.550. The van der Waals surface area contributed by atoms with E-state index in [2.05, 4.69) is 58.9 Å². The van der Waals surface area contributed by atoms with E-state index in [1.807, 2.05) is 0 Å². The van der Waals surface area contributed by atoms with E-state index in [1.165, 1.54) is 27.4 Å². The summed E-state index contributed by atoms with van der Waals surface area (Å²) in [7, 11) is 1.61. The number of hydrogen-bond acceptors (Lipinski definition) is 3. The molecule has 26 heavy (non-hydrogen) atoms. The molecule has 1 aliphatic heterocycles. The lowest BCUT2D eigenvalue weighted by Crippen LogP contribution is -2.38. The van der Waals surface area contributed by atoms with Gasteiger partial charge >= 0.3 is 0 Å². The molecular weight excluding hydrogens is 322 g/mol. The highest BCUT2D eigenvalue weighted by atomic mass is 16.5. The van der Waals surface area contributed by atoms with Crippen LogP contribution >= 0.6 is 0 Å². The van der Waals surface area contributed by atoms with Crippen LogP contribution in [0.4, 0.5) is 0 Å². The van der Waals surface area contributed by atoms with Crippen LogP contribution < -0.4 is 0 Å². The lowest BCUT2D eigenvalue weighted by molar-refractivity contribution is 0.181. The Balaban J connectivity index is 1.63. The summed E-state index contributed by atoms with van der Waals surface area (Å²) in [5.74, 6) is 0.663. The van der Waals surface area contributed by atoms with Gasteiger partial charge in [0.2, 0.25) is 0 Å². The average Bonchev–Trinajstić information content (AvgIpc) is 3.00. The summed E-state index contributed by atoms with van der Waals surface area (Å²) in [6.45, 7) is 6.15. The Hall–Kier alpha value is -2.33. The van der Waals surface area contributed by atoms with Crippen molar-refractivity contribution >= 4 is 27.7 Å². The zero-order chi connectivity index (χ0) is 18.1. The molecule has 1 aliphatic rings. The molecule has 4 rings (SSSR count). The Kier molecular flexibility index (Phi) is 4.68. The Morgan fingerprint density at radius 1 is 1.15 bits per heavy atom. The summed E-state index contributed by atoms with van der Waals surface area (Å²) in [5.41, 5.74) is 3.98. The van der Waals surface area contributed by atoms with Gasteiger partial charge in [0, 0.05) is 47.4 Å². The number of aryl methyl sites for hydroxylation is 1. The Labute approximate surface area is 154 Å². The monoisotopic (exact) mass is 349 g/mol. The van der Waals surface area contributed by atoms with Crippen molar-refractivity contribution in [1.29, 1.82) is 5.41 Å². The van der Waals surface area contributed by atoms with Gasteiger partial charge in [-0.05, 0) is 50.1 Å². The minimum Gasteiger partial charge on any atom is -0.484 e. The Morgan fingerprint density at radius 2 is 1.96 bits per heavy atom. The van der Waals surface area contributed by atoms with Crippen molar-refractivity contribution in [2.75, 3.05) is 20.2 Å². The highest BCUT2D eigenvalue weighted by Gasteiger charge is 2.24. The first-order valence-electron chi connectivity index (χ1n) is 9.56. The van der Waals surface area contributed by atoms with Gasteiger partial charge in [0.15, 0.2) is 5.90 Å². The molecule has 1 N–H and O–H groups in total. The summed E-state index contributed by atoms with van der Waals surface area (Å²) in [6.07, 6.45) is 2.19. The van der Waals surface area contributed by atoms with Crippen LogP contribution in [-0.2, 0) is 17.8 Å². The molecule has 0 amide bonds. The van der Waals surface area contributed by atoms with Crippen molar-refractivity contribution in [1.82, 2.24) is 9.47 Å². The molecule has 1 fully saturated rings. The maximum Gasteiger partial charge on any atom is 0.184 e. The predicted molar refractivity (Wildman–Crippen MR) is 108 cm³/mol. The van der Waals surface area contributed by atoms with Gasteiger partial charge in [-0.3, -0.25) is 10.3 Å². The lowest BCUT2D eigenvalue weighted by atomic mass is 9.97. The molecule has 0 aliphatic carbocycles. The van der Waals surface area contributed by atoms with E-state index in [0.717, 1.165) is 39.0 Å². The van der Waals surface area contributed by atoms with Crippen molar-refractivity contribution in [2.24, 2.45) is 5.92 Å². The highest BCUT2D eigenvalue weighted by molar-refractivity contribution is 6.08. The molecule has 0 radical (unpaired) electrons. The van der Waals surface area contributed by atoms with Crippen molar-refractivity contribution in [3.63, 3.8) is 0 Å². The topological polar surface area (TPSA) is 41.2 Å². The minimum absolute atomic E-state index is 0.236. The third-order valence-corrected chi connectivity index (χ3v) is 5.66. The molecular formula is C22H27N3O. The molecule has 0 bridgehead atoms. The summed E-state index contributed by atoms with van der Waals surface area (Å²) in [6, 6.07) is 15.6. The maximum atomic E-state index is 7.97. The number of hydrogen-bond donors (Lipinski definition) is 1. The zero-order valence-corrected chi connectivity index (χ0v) is 15.7. The molecule has 4 nitrogen and oxygen atoms in total. The number of nitrogens with one attached hydrogen (secondary N) is 1. The van der Waals surface area contributed by atoms with Gasteiger partial charge in [0.1, 0.15) is 0 Å². The number of ether oxygens (including phenoxy) is 1. The molecule has 1 saturated heterocycles. The van der Waals surface area contributed by atoms with Crippen LogP contribution in [0, 0.1) is 11.3 Å². The van der Waals surface area contributed by atoms with Gasteiger partial charge in [0.05, 0.1) is 7.11 Å². The van der Waals surface area contributed by atoms with Crippen molar-refractivity contribution in [2.45, 2.75) is 32.9 Å². The van der Waals surface area contributed by atoms with Gasteiger partial charge in [-0.1, -0.05) is 24.3 Å². The van der Waals surface area contributed by atoms with Gasteiger partial charge in [-0.25, -0.2) is 0 Å². The first-order valence-corrected chi connectivity index (χ1v) is 9.56. The fraction of sp³-hybridized carbons (Fsp3) is 0.409. The molecule has 2 heterocycles. The van der Waals surface area contributed by atoms with Crippen LogP contribution in [0.15, 0.2) is 42.5 Å². The van der Waals surface area contributed by atoms with Gasteiger partial charge in [-0.15, -0.1) is 0 Å². The first-order chi connectivity index (χ1) is 12.7. The van der Waals surface area contributed by atoms with E-state index in [0.29, 0.717) is 5.90 Å². The van der Waals surface area contributed by atoms with Crippen LogP contribution in [0.1, 0.15) is 25.3 Å². The van der Waals surface area contributed by atoms with Gasteiger partial charge < -0.3 is 9.30 Å². The molecule has 2 aromatic carbocycles. The number of methoxy groups -OCH3 is 1.